The van der Waals surface area contributed by atoms with Crippen molar-refractivity contribution in [3.63, 3.8) is 0 Å². The Hall–Kier alpha value is -2.11. The van der Waals surface area contributed by atoms with Crippen LogP contribution < -0.4 is 0 Å². The second kappa shape index (κ2) is 6.56. The van der Waals surface area contributed by atoms with E-state index in [2.05, 4.69) is 0 Å². The number of piperidine rings is 1. The van der Waals surface area contributed by atoms with Crippen LogP contribution in [0.4, 0.5) is 9.18 Å². The van der Waals surface area contributed by atoms with Gasteiger partial charge in [0, 0.05) is 19.0 Å². The number of nitrogens with zero attached hydrogens (tertiary/aromatic N) is 1. The predicted octanol–water partition coefficient (Wildman–Crippen LogP) is 3.64. The summed E-state index contributed by atoms with van der Waals surface area (Å²) in [5, 5.41) is 9.03. The highest BCUT2D eigenvalue weighted by Crippen LogP contribution is 2.30. The lowest BCUT2D eigenvalue weighted by Crippen LogP contribution is -2.42. The minimum atomic E-state index is -1.29. The van der Waals surface area contributed by atoms with Crippen LogP contribution in [0.5, 0.6) is 0 Å². The lowest BCUT2D eigenvalue weighted by atomic mass is 9.89. The van der Waals surface area contributed by atoms with Crippen molar-refractivity contribution in [1.82, 2.24) is 4.90 Å². The third-order valence-electron chi connectivity index (χ3n) is 3.77. The minimum absolute atomic E-state index is 0.226. The molecule has 0 aromatic heterocycles. The number of aromatic carboxylic acids is 1. The summed E-state index contributed by atoms with van der Waals surface area (Å²) in [6, 6.07) is 4.37. The molecule has 0 spiro atoms. The molecule has 0 radical (unpaired) electrons. The molecule has 0 saturated carbocycles. The first-order valence-electron chi connectivity index (χ1n) is 7.68. The molecule has 23 heavy (non-hydrogen) atoms. The molecule has 1 aromatic carbocycles. The van der Waals surface area contributed by atoms with Crippen molar-refractivity contribution in [1.29, 1.82) is 0 Å². The highest BCUT2D eigenvalue weighted by molar-refractivity contribution is 5.88. The standard InChI is InChI=1S/C17H22FNO4/c1-17(2,3)23-16(22)19-9-5-6-11(10-19)12-7-4-8-13(14(12)18)15(20)21/h4,7-8,11H,5-6,9-10H2,1-3H3,(H,20,21). The van der Waals surface area contributed by atoms with Crippen LogP contribution in [0.3, 0.4) is 0 Å². The van der Waals surface area contributed by atoms with Gasteiger partial charge in [0.25, 0.3) is 0 Å². The molecule has 1 saturated heterocycles. The van der Waals surface area contributed by atoms with Gasteiger partial charge in [0.15, 0.2) is 0 Å². The molecule has 1 atom stereocenters. The van der Waals surface area contributed by atoms with Crippen molar-refractivity contribution in [3.8, 4) is 0 Å². The fourth-order valence-electron chi connectivity index (χ4n) is 2.75. The largest absolute Gasteiger partial charge is 0.478 e. The van der Waals surface area contributed by atoms with E-state index in [9.17, 15) is 14.0 Å². The molecule has 1 fully saturated rings. The second-order valence-corrected chi connectivity index (χ2v) is 6.78. The Bertz CT molecular complexity index is 609. The van der Waals surface area contributed by atoms with Gasteiger partial charge in [-0.25, -0.2) is 14.0 Å². The van der Waals surface area contributed by atoms with Crippen LogP contribution in [0.1, 0.15) is 55.5 Å². The molecule has 6 heteroatoms. The zero-order valence-corrected chi connectivity index (χ0v) is 13.6. The molecule has 2 rings (SSSR count). The van der Waals surface area contributed by atoms with E-state index < -0.39 is 23.5 Å². The molecule has 1 aliphatic heterocycles. The zero-order chi connectivity index (χ0) is 17.2. The van der Waals surface area contributed by atoms with Crippen LogP contribution in [0.25, 0.3) is 0 Å². The van der Waals surface area contributed by atoms with Gasteiger partial charge in [0.05, 0.1) is 5.56 Å². The molecule has 1 N–H and O–H groups in total. The number of carboxylic acid groups (broad SMARTS) is 1. The first-order chi connectivity index (χ1) is 10.7. The summed E-state index contributed by atoms with van der Waals surface area (Å²) in [4.78, 5) is 24.8. The number of carboxylic acids is 1. The van der Waals surface area contributed by atoms with E-state index in [4.69, 9.17) is 9.84 Å². The summed E-state index contributed by atoms with van der Waals surface area (Å²) in [5.41, 5.74) is -0.576. The summed E-state index contributed by atoms with van der Waals surface area (Å²) in [7, 11) is 0. The average molecular weight is 323 g/mol. The maximum Gasteiger partial charge on any atom is 0.410 e. The summed E-state index contributed by atoms with van der Waals surface area (Å²) in [6.07, 6.45) is 1.01. The third-order valence-corrected chi connectivity index (χ3v) is 3.77. The van der Waals surface area contributed by atoms with E-state index >= 15 is 0 Å². The Labute approximate surface area is 135 Å². The Morgan fingerprint density at radius 1 is 1.35 bits per heavy atom. The Morgan fingerprint density at radius 3 is 2.65 bits per heavy atom. The van der Waals surface area contributed by atoms with Gasteiger partial charge in [-0.1, -0.05) is 12.1 Å². The lowest BCUT2D eigenvalue weighted by Gasteiger charge is -2.34. The molecule has 1 unspecified atom stereocenters. The minimum Gasteiger partial charge on any atom is -0.478 e. The highest BCUT2D eigenvalue weighted by Gasteiger charge is 2.30. The monoisotopic (exact) mass is 323 g/mol. The molecule has 1 aliphatic rings. The molecule has 0 aliphatic carbocycles. The third kappa shape index (κ3) is 4.21. The number of ether oxygens (including phenoxy) is 1. The molecular formula is C17H22FNO4. The van der Waals surface area contributed by atoms with Crippen LogP contribution in [0.15, 0.2) is 18.2 Å². The van der Waals surface area contributed by atoms with Crippen molar-refractivity contribution < 1.29 is 23.8 Å². The summed E-state index contributed by atoms with van der Waals surface area (Å²) >= 11 is 0. The van der Waals surface area contributed by atoms with E-state index in [0.717, 1.165) is 6.42 Å². The van der Waals surface area contributed by atoms with Gasteiger partial charge >= 0.3 is 12.1 Å². The fraction of sp³-hybridized carbons (Fsp3) is 0.529. The van der Waals surface area contributed by atoms with Crippen molar-refractivity contribution in [3.05, 3.63) is 35.1 Å². The summed E-state index contributed by atoms with van der Waals surface area (Å²) in [6.45, 7) is 6.27. The highest BCUT2D eigenvalue weighted by atomic mass is 19.1. The molecule has 0 bridgehead atoms. The fourth-order valence-corrected chi connectivity index (χ4v) is 2.75. The quantitative estimate of drug-likeness (QED) is 0.902. The molecule has 126 valence electrons. The van der Waals surface area contributed by atoms with Gasteiger partial charge in [-0.3, -0.25) is 0 Å². The van der Waals surface area contributed by atoms with Crippen molar-refractivity contribution in [2.45, 2.75) is 45.1 Å². The molecule has 1 heterocycles. The first-order valence-corrected chi connectivity index (χ1v) is 7.68. The van der Waals surface area contributed by atoms with Crippen LogP contribution in [0.2, 0.25) is 0 Å². The van der Waals surface area contributed by atoms with Gasteiger partial charge in [-0.05, 0) is 45.2 Å². The topological polar surface area (TPSA) is 66.8 Å². The van der Waals surface area contributed by atoms with Gasteiger partial charge in [-0.2, -0.15) is 0 Å². The number of halogens is 1. The smallest absolute Gasteiger partial charge is 0.410 e. The van der Waals surface area contributed by atoms with Gasteiger partial charge in [0.2, 0.25) is 0 Å². The number of benzene rings is 1. The molecule has 1 amide bonds. The maximum absolute atomic E-state index is 14.4. The van der Waals surface area contributed by atoms with E-state index in [1.165, 1.54) is 12.1 Å². The van der Waals surface area contributed by atoms with E-state index in [1.54, 1.807) is 31.7 Å². The number of carbonyl (C=O) groups is 2. The van der Waals surface area contributed by atoms with Crippen LogP contribution in [0, 0.1) is 5.82 Å². The number of likely N-dealkylation sites (tertiary alicyclic amines) is 1. The Kier molecular flexibility index (Phi) is 4.92. The van der Waals surface area contributed by atoms with E-state index in [1.807, 2.05) is 0 Å². The first kappa shape index (κ1) is 17.2. The van der Waals surface area contributed by atoms with Gasteiger partial charge in [0.1, 0.15) is 11.4 Å². The Morgan fingerprint density at radius 2 is 2.04 bits per heavy atom. The normalized spacial score (nSPS) is 18.6. The van der Waals surface area contributed by atoms with Gasteiger partial charge < -0.3 is 14.7 Å². The number of hydrogen-bond acceptors (Lipinski definition) is 3. The lowest BCUT2D eigenvalue weighted by molar-refractivity contribution is 0.0196. The number of hydrogen-bond donors (Lipinski definition) is 1. The number of carbonyl (C=O) groups excluding carboxylic acids is 1. The van der Waals surface area contributed by atoms with E-state index in [0.29, 0.717) is 25.1 Å². The van der Waals surface area contributed by atoms with Crippen LogP contribution >= 0.6 is 0 Å². The summed E-state index contributed by atoms with van der Waals surface area (Å²) < 4.78 is 19.7. The average Bonchev–Trinajstić information content (AvgIpc) is 2.45. The van der Waals surface area contributed by atoms with E-state index in [-0.39, 0.29) is 11.5 Å². The maximum atomic E-state index is 14.4. The zero-order valence-electron chi connectivity index (χ0n) is 13.6. The van der Waals surface area contributed by atoms with Crippen molar-refractivity contribution in [2.24, 2.45) is 0 Å². The number of rotatable bonds is 2. The van der Waals surface area contributed by atoms with Crippen molar-refractivity contribution in [2.75, 3.05) is 13.1 Å². The van der Waals surface area contributed by atoms with Crippen molar-refractivity contribution >= 4 is 12.1 Å². The molecule has 5 nitrogen and oxygen atoms in total. The Balaban J connectivity index is 2.17. The number of amides is 1. The molecular weight excluding hydrogens is 301 g/mol. The SMILES string of the molecule is CC(C)(C)OC(=O)N1CCCC(c2cccc(C(=O)O)c2F)C1. The second-order valence-electron chi connectivity index (χ2n) is 6.78. The van der Waals surface area contributed by atoms with Gasteiger partial charge in [-0.15, -0.1) is 0 Å². The summed E-state index contributed by atoms with van der Waals surface area (Å²) in [5.74, 6) is -2.23. The van der Waals surface area contributed by atoms with Crippen LogP contribution in [-0.2, 0) is 4.74 Å². The molecule has 1 aromatic rings. The van der Waals surface area contributed by atoms with Crippen LogP contribution in [-0.4, -0.2) is 40.8 Å². The predicted molar refractivity (Wildman–Crippen MR) is 83.1 cm³/mol.